The largest absolute Gasteiger partial charge is 0.379 e. The van der Waals surface area contributed by atoms with Crippen LogP contribution in [0.1, 0.15) is 64.7 Å². The number of carbonyl (C=O) groups is 1. The molecule has 0 atom stereocenters. The first-order chi connectivity index (χ1) is 12.7. The van der Waals surface area contributed by atoms with E-state index < -0.39 is 0 Å². The van der Waals surface area contributed by atoms with E-state index in [1.54, 1.807) is 0 Å². The molecule has 7 nitrogen and oxygen atoms in total. The van der Waals surface area contributed by atoms with Crippen molar-refractivity contribution in [3.63, 3.8) is 0 Å². The summed E-state index contributed by atoms with van der Waals surface area (Å²) in [5, 5.41) is 5.42. The van der Waals surface area contributed by atoms with Gasteiger partial charge in [0.15, 0.2) is 5.96 Å². The summed E-state index contributed by atoms with van der Waals surface area (Å²) < 4.78 is 5.32. The molecule has 1 heterocycles. The third kappa shape index (κ3) is 12.9. The van der Waals surface area contributed by atoms with Crippen LogP contribution < -0.4 is 16.4 Å². The van der Waals surface area contributed by atoms with E-state index in [0.717, 1.165) is 52.1 Å². The van der Waals surface area contributed by atoms with Crippen molar-refractivity contribution in [2.45, 2.75) is 64.7 Å². The van der Waals surface area contributed by atoms with Gasteiger partial charge in [0, 0.05) is 32.7 Å². The number of nitrogens with zero attached hydrogens (tertiary/aromatic N) is 2. The van der Waals surface area contributed by atoms with Gasteiger partial charge in [0.25, 0.3) is 0 Å². The maximum absolute atomic E-state index is 11.7. The molecule has 0 aromatic carbocycles. The summed E-state index contributed by atoms with van der Waals surface area (Å²) in [6, 6.07) is -0.262. The van der Waals surface area contributed by atoms with E-state index in [9.17, 15) is 4.79 Å². The number of amides is 2. The normalized spacial score (nSPS) is 15.8. The van der Waals surface area contributed by atoms with E-state index >= 15 is 0 Å². The summed E-state index contributed by atoms with van der Waals surface area (Å²) in [7, 11) is 0. The number of unbranched alkanes of at least 4 members (excludes halogenated alkanes) is 7. The molecule has 1 fully saturated rings. The maximum atomic E-state index is 11.7. The Bertz CT molecular complexity index is 384. The summed E-state index contributed by atoms with van der Waals surface area (Å²) in [5.41, 5.74) is 5.75. The average molecular weight is 370 g/mol. The van der Waals surface area contributed by atoms with Crippen molar-refractivity contribution >= 4 is 12.0 Å². The molecule has 0 aromatic rings. The zero-order valence-corrected chi connectivity index (χ0v) is 16.6. The molecule has 4 N–H and O–H groups in total. The SMILES string of the molecule is CCCCCCCCCCNC(=O)NC(N)=NCCCN1CCOCC1. The lowest BCUT2D eigenvalue weighted by atomic mass is 10.1. The van der Waals surface area contributed by atoms with Gasteiger partial charge in [-0.1, -0.05) is 51.9 Å². The highest BCUT2D eigenvalue weighted by atomic mass is 16.5. The van der Waals surface area contributed by atoms with Crippen LogP contribution >= 0.6 is 0 Å². The van der Waals surface area contributed by atoms with Gasteiger partial charge in [0.2, 0.25) is 0 Å². The first-order valence-corrected chi connectivity index (χ1v) is 10.4. The molecule has 2 amide bonds. The van der Waals surface area contributed by atoms with Gasteiger partial charge in [-0.25, -0.2) is 4.79 Å². The van der Waals surface area contributed by atoms with E-state index in [-0.39, 0.29) is 12.0 Å². The fourth-order valence-electron chi connectivity index (χ4n) is 2.98. The molecule has 0 bridgehead atoms. The van der Waals surface area contributed by atoms with E-state index in [2.05, 4.69) is 27.4 Å². The van der Waals surface area contributed by atoms with Crippen LogP contribution in [0.5, 0.6) is 0 Å². The van der Waals surface area contributed by atoms with E-state index in [0.29, 0.717) is 13.1 Å². The second-order valence-corrected chi connectivity index (χ2v) is 6.93. The van der Waals surface area contributed by atoms with Crippen LogP contribution in [0.15, 0.2) is 4.99 Å². The first kappa shape index (κ1) is 22.7. The Morgan fingerprint density at radius 2 is 1.69 bits per heavy atom. The molecular weight excluding hydrogens is 330 g/mol. The third-order valence-electron chi connectivity index (χ3n) is 4.58. The van der Waals surface area contributed by atoms with Crippen LogP contribution in [-0.2, 0) is 4.74 Å². The van der Waals surface area contributed by atoms with Gasteiger partial charge in [0.1, 0.15) is 0 Å². The molecule has 152 valence electrons. The number of morpholine rings is 1. The van der Waals surface area contributed by atoms with Crippen LogP contribution in [0.25, 0.3) is 0 Å². The Kier molecular flexibility index (Phi) is 13.9. The number of aliphatic imine (C=N–C) groups is 1. The van der Waals surface area contributed by atoms with Gasteiger partial charge in [-0.05, 0) is 12.8 Å². The molecular formula is C19H39N5O2. The average Bonchev–Trinajstić information content (AvgIpc) is 2.65. The van der Waals surface area contributed by atoms with Crippen LogP contribution in [0, 0.1) is 0 Å². The zero-order chi connectivity index (χ0) is 18.9. The molecule has 1 aliphatic heterocycles. The highest BCUT2D eigenvalue weighted by Gasteiger charge is 2.09. The predicted molar refractivity (Wildman–Crippen MR) is 108 cm³/mol. The van der Waals surface area contributed by atoms with Crippen molar-refractivity contribution in [2.24, 2.45) is 10.7 Å². The van der Waals surface area contributed by atoms with Gasteiger partial charge in [0.05, 0.1) is 13.2 Å². The Balaban J connectivity index is 1.93. The van der Waals surface area contributed by atoms with Crippen LogP contribution in [0.4, 0.5) is 4.79 Å². The fraction of sp³-hybridized carbons (Fsp3) is 0.895. The number of carbonyl (C=O) groups excluding carboxylic acids is 1. The number of nitrogens with two attached hydrogens (primary N) is 1. The first-order valence-electron chi connectivity index (χ1n) is 10.4. The number of nitrogens with one attached hydrogen (secondary N) is 2. The smallest absolute Gasteiger partial charge is 0.321 e. The Labute approximate surface area is 159 Å². The maximum Gasteiger partial charge on any atom is 0.321 e. The summed E-state index contributed by atoms with van der Waals surface area (Å²) in [4.78, 5) is 18.3. The molecule has 0 spiro atoms. The summed E-state index contributed by atoms with van der Waals surface area (Å²) in [6.45, 7) is 8.13. The summed E-state index contributed by atoms with van der Waals surface area (Å²) in [5.74, 6) is 0.195. The minimum absolute atomic E-state index is 0.195. The monoisotopic (exact) mass is 369 g/mol. The van der Waals surface area contributed by atoms with Crippen molar-refractivity contribution in [2.75, 3.05) is 45.9 Å². The number of hydrogen-bond donors (Lipinski definition) is 3. The molecule has 1 rings (SSSR count). The Morgan fingerprint density at radius 1 is 1.04 bits per heavy atom. The number of hydrogen-bond acceptors (Lipinski definition) is 4. The highest BCUT2D eigenvalue weighted by molar-refractivity contribution is 5.95. The van der Waals surface area contributed by atoms with Gasteiger partial charge in [-0.15, -0.1) is 0 Å². The summed E-state index contributed by atoms with van der Waals surface area (Å²) >= 11 is 0. The van der Waals surface area contributed by atoms with Gasteiger partial charge in [-0.3, -0.25) is 15.2 Å². The van der Waals surface area contributed by atoms with E-state index in [4.69, 9.17) is 10.5 Å². The van der Waals surface area contributed by atoms with Crippen molar-refractivity contribution in [3.05, 3.63) is 0 Å². The quantitative estimate of drug-likeness (QED) is 0.264. The third-order valence-corrected chi connectivity index (χ3v) is 4.58. The summed E-state index contributed by atoms with van der Waals surface area (Å²) in [6.07, 6.45) is 11.0. The minimum atomic E-state index is -0.262. The van der Waals surface area contributed by atoms with Crippen molar-refractivity contribution in [3.8, 4) is 0 Å². The molecule has 1 saturated heterocycles. The fourth-order valence-corrected chi connectivity index (χ4v) is 2.98. The minimum Gasteiger partial charge on any atom is -0.379 e. The van der Waals surface area contributed by atoms with Gasteiger partial charge in [-0.2, -0.15) is 0 Å². The molecule has 7 heteroatoms. The van der Waals surface area contributed by atoms with Gasteiger partial charge < -0.3 is 15.8 Å². The molecule has 0 radical (unpaired) electrons. The van der Waals surface area contributed by atoms with Gasteiger partial charge >= 0.3 is 6.03 Å². The highest BCUT2D eigenvalue weighted by Crippen LogP contribution is 2.07. The number of guanidine groups is 1. The standard InChI is InChI=1S/C19H39N5O2/c1-2-3-4-5-6-7-8-9-11-22-19(25)23-18(20)21-12-10-13-24-14-16-26-17-15-24/h2-17H2,1H3,(H4,20,21,22,23,25). The lowest BCUT2D eigenvalue weighted by Gasteiger charge is -2.26. The molecule has 0 aliphatic carbocycles. The molecule has 0 saturated carbocycles. The van der Waals surface area contributed by atoms with Crippen molar-refractivity contribution in [1.82, 2.24) is 15.5 Å². The topological polar surface area (TPSA) is 92.0 Å². The second kappa shape index (κ2) is 15.9. The Morgan fingerprint density at radius 3 is 2.38 bits per heavy atom. The number of urea groups is 1. The predicted octanol–water partition coefficient (Wildman–Crippen LogP) is 2.46. The lowest BCUT2D eigenvalue weighted by Crippen LogP contribution is -2.43. The molecule has 0 unspecified atom stereocenters. The number of rotatable bonds is 13. The van der Waals surface area contributed by atoms with Crippen LogP contribution in [-0.4, -0.2) is 62.8 Å². The van der Waals surface area contributed by atoms with E-state index in [1.165, 1.54) is 38.5 Å². The second-order valence-electron chi connectivity index (χ2n) is 6.93. The Hall–Kier alpha value is -1.34. The lowest BCUT2D eigenvalue weighted by molar-refractivity contribution is 0.0377. The van der Waals surface area contributed by atoms with E-state index in [1.807, 2.05) is 0 Å². The van der Waals surface area contributed by atoms with Crippen LogP contribution in [0.2, 0.25) is 0 Å². The zero-order valence-electron chi connectivity index (χ0n) is 16.6. The number of ether oxygens (including phenoxy) is 1. The van der Waals surface area contributed by atoms with Crippen molar-refractivity contribution in [1.29, 1.82) is 0 Å². The van der Waals surface area contributed by atoms with Crippen molar-refractivity contribution < 1.29 is 9.53 Å². The molecule has 26 heavy (non-hydrogen) atoms. The molecule has 0 aromatic heterocycles. The van der Waals surface area contributed by atoms with Crippen LogP contribution in [0.3, 0.4) is 0 Å². The molecule has 1 aliphatic rings.